The Morgan fingerprint density at radius 1 is 0.417 bits per heavy atom. The second-order valence-corrected chi connectivity index (χ2v) is 27.5. The van der Waals surface area contributed by atoms with Crippen molar-refractivity contribution >= 4 is 173 Å². The quantitative estimate of drug-likeness (QED) is 0.0209. The van der Waals surface area contributed by atoms with Crippen molar-refractivity contribution in [2.45, 2.75) is 39.9 Å². The minimum Gasteiger partial charge on any atom is -0.507 e. The molecule has 103 heavy (non-hydrogen) atoms. The molecule has 10 rings (SSSR count). The molecule has 12 N–H and O–H groups in total. The van der Waals surface area contributed by atoms with Gasteiger partial charge in [-0.05, 0) is 150 Å². The number of benzene rings is 10. The van der Waals surface area contributed by atoms with Crippen LogP contribution in [-0.4, -0.2) is 141 Å². The minimum atomic E-state index is -5.20. The third kappa shape index (κ3) is 19.4. The number of aliphatic hydroxyl groups is 2. The molecular weight excluding hydrogens is 1480 g/mol. The fraction of sp³-hybridized carbons (Fsp3) is 0.133. The SMILES string of the molecule is CCCNc1ccc(S(=O)(=O)O)c(N=Nc2ccc3cc(N=Nc4ccc5c(N=Nc6ccc7c(O)c(N=Nc8cc(C)c(N=Nc9cc(S(=O)(=O)O)cc%10cc(S(=O)(=O)O)cc(O)c9%10)cc8OCCO)c(S(=O)(=O)O)cc7c6)c(NCCO)ccc5c4O)ccc3c2O)c1.O=S(=O)=O.O=S(=O)=O. The second-order valence-electron chi connectivity index (χ2n) is 21.0. The van der Waals surface area contributed by atoms with Crippen molar-refractivity contribution in [1.29, 1.82) is 0 Å². The van der Waals surface area contributed by atoms with E-state index in [1.54, 1.807) is 42.5 Å². The molecule has 538 valence electrons. The number of hydrogen-bond donors (Lipinski definition) is 12. The van der Waals surface area contributed by atoms with E-state index < -0.39 is 111 Å². The number of aromatic hydroxyl groups is 4. The van der Waals surface area contributed by atoms with Gasteiger partial charge in [-0.15, -0.1) is 61.1 Å². The van der Waals surface area contributed by atoms with Crippen LogP contribution >= 0.6 is 0 Å². The van der Waals surface area contributed by atoms with Crippen LogP contribution in [0.1, 0.15) is 18.9 Å². The molecule has 0 bridgehead atoms. The molecular formula is C60H52N12O25S6. The van der Waals surface area contributed by atoms with Gasteiger partial charge in [-0.1, -0.05) is 13.0 Å². The van der Waals surface area contributed by atoms with Crippen molar-refractivity contribution in [3.63, 3.8) is 0 Å². The maximum Gasteiger partial charge on any atom is 0.425 e. The monoisotopic (exact) mass is 1530 g/mol. The predicted molar refractivity (Wildman–Crippen MR) is 367 cm³/mol. The van der Waals surface area contributed by atoms with Crippen LogP contribution in [0.15, 0.2) is 204 Å². The van der Waals surface area contributed by atoms with Crippen LogP contribution in [0, 0.1) is 6.92 Å². The highest BCUT2D eigenvalue weighted by atomic mass is 32.2. The van der Waals surface area contributed by atoms with E-state index in [0.29, 0.717) is 45.8 Å². The molecule has 0 aromatic heterocycles. The summed E-state index contributed by atoms with van der Waals surface area (Å²) in [6.45, 7) is 2.94. The average molecular weight is 1530 g/mol. The van der Waals surface area contributed by atoms with Gasteiger partial charge in [0.15, 0.2) is 17.2 Å². The molecule has 0 unspecified atom stereocenters. The molecule has 0 amide bonds. The van der Waals surface area contributed by atoms with E-state index in [0.717, 1.165) is 30.7 Å². The number of azo groups is 5. The molecule has 10 aromatic rings. The number of ether oxygens (including phenoxy) is 1. The van der Waals surface area contributed by atoms with Gasteiger partial charge in [0.25, 0.3) is 40.5 Å². The summed E-state index contributed by atoms with van der Waals surface area (Å²) >= 11 is 0. The zero-order valence-corrected chi connectivity index (χ0v) is 57.4. The number of rotatable bonds is 23. The van der Waals surface area contributed by atoms with E-state index in [1.807, 2.05) is 6.92 Å². The van der Waals surface area contributed by atoms with E-state index in [2.05, 4.69) is 61.8 Å². The first kappa shape index (κ1) is 77.4. The molecule has 0 radical (unpaired) electrons. The Kier molecular flexibility index (Phi) is 24.4. The summed E-state index contributed by atoms with van der Waals surface area (Å²) in [4.78, 5) is -2.98. The molecule has 0 saturated heterocycles. The Labute approximate surface area is 584 Å². The fourth-order valence-electron chi connectivity index (χ4n) is 9.65. The number of aliphatic hydroxyl groups excluding tert-OH is 2. The molecule has 0 aliphatic heterocycles. The highest BCUT2D eigenvalue weighted by molar-refractivity contribution is 7.86. The van der Waals surface area contributed by atoms with Gasteiger partial charge in [0.1, 0.15) is 62.0 Å². The van der Waals surface area contributed by atoms with Crippen molar-refractivity contribution in [2.24, 2.45) is 51.1 Å². The third-order valence-corrected chi connectivity index (χ3v) is 17.6. The summed E-state index contributed by atoms with van der Waals surface area (Å²) in [7, 11) is -26.0. The second kappa shape index (κ2) is 32.5. The van der Waals surface area contributed by atoms with Crippen LogP contribution in [0.3, 0.4) is 0 Å². The molecule has 43 heteroatoms. The largest absolute Gasteiger partial charge is 0.507 e. The average Bonchev–Trinajstić information content (AvgIpc) is 0.776. The number of nitrogens with one attached hydrogen (secondary N) is 2. The lowest BCUT2D eigenvalue weighted by Gasteiger charge is -2.12. The zero-order chi connectivity index (χ0) is 75.5. The standard InChI is InChI=1S/C60H52N12O19S4.2O3S/c1-3-16-61-35-7-15-53(94(85,86)87)49(27-35)69-66-45-12-4-32-22-36(5-8-40(32)58(45)76)63-65-46-14-10-42-43(59(46)77)11-13-44(62-17-18-73)56(42)71-64-37-6-9-41-33(23-37)26-54(95(88,89)90)57(60(41)78)72-68-48-21-31(2)47(30-52(48)91-20-19-74)67-70-50-28-38(92(79,80)81)24-34-25-39(93(82,83)84)29-51(75)55(34)50;2*1-4(2)3/h4-15,21-30,61-62,73-78H,3,16-20H2,1-2H3,(H,79,80,81)(H,82,83,84)(H,85,86,87)(H,88,89,90);;. The van der Waals surface area contributed by atoms with E-state index in [9.17, 15) is 82.5 Å². The molecule has 37 nitrogen and oxygen atoms in total. The van der Waals surface area contributed by atoms with E-state index in [1.165, 1.54) is 67.6 Å². The van der Waals surface area contributed by atoms with Crippen molar-refractivity contribution in [3.05, 3.63) is 139 Å². The van der Waals surface area contributed by atoms with Crippen LogP contribution in [-0.2, 0) is 61.7 Å². The van der Waals surface area contributed by atoms with E-state index >= 15 is 0 Å². The molecule has 0 fully saturated rings. The molecule has 0 aliphatic rings. The maximum atomic E-state index is 13.0. The van der Waals surface area contributed by atoms with E-state index in [4.69, 9.17) is 30.0 Å². The number of aryl methyl sites for hydroxylation is 1. The number of phenols is 4. The first-order valence-electron chi connectivity index (χ1n) is 28.8. The lowest BCUT2D eigenvalue weighted by Crippen LogP contribution is -2.05. The van der Waals surface area contributed by atoms with Gasteiger partial charge in [-0.3, -0.25) is 18.2 Å². The molecule has 0 heterocycles. The first-order valence-corrected chi connectivity index (χ1v) is 36.5. The number of anilines is 2. The summed E-state index contributed by atoms with van der Waals surface area (Å²) < 4.78 is 195. The summed E-state index contributed by atoms with van der Waals surface area (Å²) in [6, 6.07) is 28.8. The van der Waals surface area contributed by atoms with Crippen LogP contribution in [0.4, 0.5) is 68.2 Å². The van der Waals surface area contributed by atoms with Gasteiger partial charge in [-0.25, -0.2) is 0 Å². The van der Waals surface area contributed by atoms with Gasteiger partial charge in [-0.2, -0.15) is 49.0 Å². The summed E-state index contributed by atoms with van der Waals surface area (Å²) in [6.07, 6.45) is 0.786. The Hall–Kier alpha value is -11.4. The summed E-state index contributed by atoms with van der Waals surface area (Å²) in [5.41, 5.74) is 0.285. The highest BCUT2D eigenvalue weighted by Gasteiger charge is 2.25. The lowest BCUT2D eigenvalue weighted by atomic mass is 10.1. The topological polar surface area (TPSA) is 598 Å². The minimum absolute atomic E-state index is 0.00454. The van der Waals surface area contributed by atoms with Crippen molar-refractivity contribution in [3.8, 4) is 28.7 Å². The number of nitrogens with zero attached hydrogens (tertiary/aromatic N) is 10. The predicted octanol–water partition coefficient (Wildman–Crippen LogP) is 12.1. The number of phenolic OH excluding ortho intramolecular Hbond substituents is 4. The highest BCUT2D eigenvalue weighted by Crippen LogP contribution is 2.48. The normalized spacial score (nSPS) is 12.2. The molecule has 0 atom stereocenters. The van der Waals surface area contributed by atoms with Crippen LogP contribution in [0.5, 0.6) is 28.7 Å². The number of fused-ring (bicyclic) bond motifs is 4. The smallest absolute Gasteiger partial charge is 0.425 e. The zero-order valence-electron chi connectivity index (χ0n) is 52.5. The Balaban J connectivity index is 0.00000160. The van der Waals surface area contributed by atoms with Gasteiger partial charge in [0.2, 0.25) is 0 Å². The van der Waals surface area contributed by atoms with Crippen molar-refractivity contribution < 1.29 is 113 Å². The lowest BCUT2D eigenvalue weighted by molar-refractivity contribution is 0.202. The van der Waals surface area contributed by atoms with Crippen LogP contribution < -0.4 is 15.4 Å². The molecule has 0 aliphatic carbocycles. The number of hydrogen-bond acceptors (Lipinski definition) is 33. The Morgan fingerprint density at radius 3 is 1.55 bits per heavy atom. The fourth-order valence-corrected chi connectivity index (χ4v) is 12.0. The maximum absolute atomic E-state index is 13.0. The van der Waals surface area contributed by atoms with Crippen molar-refractivity contribution in [1.82, 2.24) is 0 Å². The summed E-state index contributed by atoms with van der Waals surface area (Å²) in [5.74, 6) is -2.31. The summed E-state index contributed by atoms with van der Waals surface area (Å²) in [5, 5.41) is 114. The molecule has 0 saturated carbocycles. The third-order valence-electron chi connectivity index (χ3n) is 14.1. The molecule has 0 spiro atoms. The van der Waals surface area contributed by atoms with E-state index in [-0.39, 0.29) is 109 Å². The van der Waals surface area contributed by atoms with Crippen molar-refractivity contribution in [2.75, 3.05) is 43.5 Å². The first-order chi connectivity index (χ1) is 48.5. The van der Waals surface area contributed by atoms with Crippen LogP contribution in [0.2, 0.25) is 0 Å². The Morgan fingerprint density at radius 2 is 0.942 bits per heavy atom. The Bertz CT molecular complexity index is 5910. The molecule has 10 aromatic carbocycles. The van der Waals surface area contributed by atoms with Gasteiger partial charge in [0, 0.05) is 52.5 Å². The van der Waals surface area contributed by atoms with Gasteiger partial charge >= 0.3 is 21.2 Å². The van der Waals surface area contributed by atoms with Gasteiger partial charge in [0.05, 0.1) is 56.8 Å². The van der Waals surface area contributed by atoms with Gasteiger partial charge < -0.3 is 46.0 Å². The van der Waals surface area contributed by atoms with Crippen LogP contribution in [0.25, 0.3) is 43.1 Å².